The van der Waals surface area contributed by atoms with Gasteiger partial charge in [0.2, 0.25) is 5.95 Å². The number of nitro groups is 1. The number of rotatable bonds is 15. The fraction of sp³-hybridized carbons (Fsp3) is 0.367. The SMILES string of the molecule is COCCc1nc(-c2ccc(F)cc2)c(-c2ccnc(Nc3cc([N+](=O)[O-])c(N(C)CCN(C)C)cc3OC)n2)n1COC. The van der Waals surface area contributed by atoms with Crippen molar-refractivity contribution >= 4 is 23.0 Å². The van der Waals surface area contributed by atoms with Gasteiger partial charge in [-0.1, -0.05) is 0 Å². The first-order valence-electron chi connectivity index (χ1n) is 13.8. The molecule has 2 aromatic heterocycles. The third-order valence-electron chi connectivity index (χ3n) is 6.88. The van der Waals surface area contributed by atoms with Crippen LogP contribution in [0.1, 0.15) is 5.82 Å². The summed E-state index contributed by atoms with van der Waals surface area (Å²) in [5.41, 5.74) is 3.06. The summed E-state index contributed by atoms with van der Waals surface area (Å²) in [5.74, 6) is 0.896. The van der Waals surface area contributed by atoms with E-state index in [0.29, 0.717) is 71.7 Å². The lowest BCUT2D eigenvalue weighted by Gasteiger charge is -2.22. The number of nitrogens with zero attached hydrogens (tertiary/aromatic N) is 7. The Morgan fingerprint density at radius 1 is 1.02 bits per heavy atom. The van der Waals surface area contributed by atoms with Gasteiger partial charge in [0.15, 0.2) is 0 Å². The van der Waals surface area contributed by atoms with Crippen LogP contribution in [0.2, 0.25) is 0 Å². The molecule has 0 atom stereocenters. The fourth-order valence-corrected chi connectivity index (χ4v) is 4.64. The van der Waals surface area contributed by atoms with E-state index in [-0.39, 0.29) is 24.2 Å². The molecule has 0 amide bonds. The average molecular weight is 609 g/mol. The van der Waals surface area contributed by atoms with Gasteiger partial charge in [-0.05, 0) is 44.4 Å². The summed E-state index contributed by atoms with van der Waals surface area (Å²) in [6.07, 6.45) is 2.07. The summed E-state index contributed by atoms with van der Waals surface area (Å²) < 4.78 is 32.1. The highest BCUT2D eigenvalue weighted by Gasteiger charge is 2.24. The second-order valence-electron chi connectivity index (χ2n) is 10.2. The Hall–Kier alpha value is -4.66. The number of nitrogens with one attached hydrogen (secondary N) is 1. The molecule has 0 aliphatic carbocycles. The molecule has 0 fully saturated rings. The van der Waals surface area contributed by atoms with E-state index in [1.807, 2.05) is 28.5 Å². The Bertz CT molecular complexity index is 1580. The Balaban J connectivity index is 1.79. The molecule has 0 aliphatic rings. The van der Waals surface area contributed by atoms with E-state index in [2.05, 4.69) is 10.3 Å². The van der Waals surface area contributed by atoms with E-state index in [4.69, 9.17) is 24.2 Å². The van der Waals surface area contributed by atoms with Crippen LogP contribution in [-0.2, 0) is 22.6 Å². The molecular weight excluding hydrogens is 571 g/mol. The number of nitro benzene ring substituents is 1. The maximum atomic E-state index is 13.8. The maximum Gasteiger partial charge on any atom is 0.294 e. The first kappa shape index (κ1) is 32.3. The number of imidazole rings is 1. The van der Waals surface area contributed by atoms with Gasteiger partial charge in [-0.25, -0.2) is 19.3 Å². The smallest absolute Gasteiger partial charge is 0.294 e. The molecule has 14 heteroatoms. The molecule has 0 radical (unpaired) electrons. The van der Waals surface area contributed by atoms with Crippen LogP contribution >= 0.6 is 0 Å². The van der Waals surface area contributed by atoms with Crippen molar-refractivity contribution in [2.24, 2.45) is 0 Å². The van der Waals surface area contributed by atoms with Gasteiger partial charge in [-0.3, -0.25) is 10.1 Å². The molecule has 0 saturated carbocycles. The third-order valence-corrected chi connectivity index (χ3v) is 6.88. The van der Waals surface area contributed by atoms with Gasteiger partial charge < -0.3 is 33.9 Å². The van der Waals surface area contributed by atoms with Crippen molar-refractivity contribution in [3.63, 3.8) is 0 Å². The Labute approximate surface area is 255 Å². The van der Waals surface area contributed by atoms with Crippen molar-refractivity contribution in [3.05, 3.63) is 70.4 Å². The highest BCUT2D eigenvalue weighted by Crippen LogP contribution is 2.39. The predicted octanol–water partition coefficient (Wildman–Crippen LogP) is 4.60. The minimum Gasteiger partial charge on any atom is -0.494 e. The second-order valence-corrected chi connectivity index (χ2v) is 10.2. The number of benzene rings is 2. The van der Waals surface area contributed by atoms with Crippen LogP contribution < -0.4 is 15.0 Å². The minimum atomic E-state index is -0.427. The summed E-state index contributed by atoms with van der Waals surface area (Å²) in [7, 11) is 10.4. The van der Waals surface area contributed by atoms with Crippen LogP contribution in [0.25, 0.3) is 22.6 Å². The molecule has 234 valence electrons. The number of ether oxygens (including phenoxy) is 3. The molecule has 13 nitrogen and oxygen atoms in total. The number of anilines is 3. The second kappa shape index (κ2) is 14.7. The molecular formula is C30H37FN8O5. The topological polar surface area (TPSA) is 133 Å². The number of hydrogen-bond donors (Lipinski definition) is 1. The van der Waals surface area contributed by atoms with E-state index in [0.717, 1.165) is 0 Å². The zero-order chi connectivity index (χ0) is 31.8. The number of aromatic nitrogens is 4. The van der Waals surface area contributed by atoms with Gasteiger partial charge in [-0.2, -0.15) is 0 Å². The molecule has 0 saturated heterocycles. The van der Waals surface area contributed by atoms with Crippen LogP contribution in [0.5, 0.6) is 5.75 Å². The van der Waals surface area contributed by atoms with E-state index >= 15 is 0 Å². The van der Waals surface area contributed by atoms with Crippen molar-refractivity contribution < 1.29 is 23.5 Å². The molecule has 0 bridgehead atoms. The fourth-order valence-electron chi connectivity index (χ4n) is 4.64. The van der Waals surface area contributed by atoms with E-state index in [9.17, 15) is 14.5 Å². The van der Waals surface area contributed by atoms with Crippen molar-refractivity contribution in [2.75, 3.05) is 72.4 Å². The highest BCUT2D eigenvalue weighted by atomic mass is 19.1. The zero-order valence-electron chi connectivity index (χ0n) is 25.7. The van der Waals surface area contributed by atoms with E-state index in [1.165, 1.54) is 25.3 Å². The van der Waals surface area contributed by atoms with Crippen LogP contribution in [0.3, 0.4) is 0 Å². The number of halogens is 1. The minimum absolute atomic E-state index is 0.0923. The molecule has 0 unspecified atom stereocenters. The van der Waals surface area contributed by atoms with E-state index < -0.39 is 4.92 Å². The number of hydrogen-bond acceptors (Lipinski definition) is 11. The van der Waals surface area contributed by atoms with Gasteiger partial charge in [0.25, 0.3) is 5.69 Å². The largest absolute Gasteiger partial charge is 0.494 e. The molecule has 2 aromatic carbocycles. The first-order chi connectivity index (χ1) is 21.2. The Morgan fingerprint density at radius 2 is 1.77 bits per heavy atom. The molecule has 4 rings (SSSR count). The molecule has 44 heavy (non-hydrogen) atoms. The summed E-state index contributed by atoms with van der Waals surface area (Å²) >= 11 is 0. The van der Waals surface area contributed by atoms with Crippen molar-refractivity contribution in [3.8, 4) is 28.4 Å². The van der Waals surface area contributed by atoms with Crippen LogP contribution in [0.4, 0.5) is 27.4 Å². The third kappa shape index (κ3) is 7.45. The summed E-state index contributed by atoms with van der Waals surface area (Å²) in [5, 5.41) is 15.2. The molecule has 2 heterocycles. The average Bonchev–Trinajstić information content (AvgIpc) is 3.37. The van der Waals surface area contributed by atoms with Crippen molar-refractivity contribution in [1.29, 1.82) is 0 Å². The van der Waals surface area contributed by atoms with Gasteiger partial charge in [0.05, 0.1) is 41.4 Å². The van der Waals surface area contributed by atoms with Crippen molar-refractivity contribution in [2.45, 2.75) is 13.2 Å². The van der Waals surface area contributed by atoms with Gasteiger partial charge in [0.1, 0.15) is 29.8 Å². The quantitative estimate of drug-likeness (QED) is 0.150. The lowest BCUT2D eigenvalue weighted by molar-refractivity contribution is -0.384. The zero-order valence-corrected chi connectivity index (χ0v) is 25.7. The Kier molecular flexibility index (Phi) is 10.8. The first-order valence-corrected chi connectivity index (χ1v) is 13.8. The monoisotopic (exact) mass is 608 g/mol. The number of methoxy groups -OCH3 is 3. The van der Waals surface area contributed by atoms with Gasteiger partial charge in [-0.15, -0.1) is 0 Å². The molecule has 0 spiro atoms. The van der Waals surface area contributed by atoms with Crippen LogP contribution in [0, 0.1) is 15.9 Å². The summed E-state index contributed by atoms with van der Waals surface area (Å²) in [4.78, 5) is 29.5. The summed E-state index contributed by atoms with van der Waals surface area (Å²) in [6, 6.07) is 10.8. The summed E-state index contributed by atoms with van der Waals surface area (Å²) in [6.45, 7) is 1.90. The van der Waals surface area contributed by atoms with Gasteiger partial charge in [0, 0.05) is 64.7 Å². The van der Waals surface area contributed by atoms with E-state index in [1.54, 1.807) is 51.7 Å². The predicted molar refractivity (Wildman–Crippen MR) is 166 cm³/mol. The van der Waals surface area contributed by atoms with Crippen LogP contribution in [-0.4, -0.2) is 91.5 Å². The van der Waals surface area contributed by atoms with Gasteiger partial charge >= 0.3 is 0 Å². The maximum absolute atomic E-state index is 13.8. The normalized spacial score (nSPS) is 11.2. The molecule has 1 N–H and O–H groups in total. The standard InChI is InChI=1S/C30H37FN8O5/c1-36(2)14-15-37(3)24-18-26(44-6)23(17-25(24)39(40)41)34-30-32-13-11-22(33-30)29-28(20-7-9-21(31)10-8-20)35-27(12-16-42-4)38(29)19-43-5/h7-11,13,17-18H,12,14-16,19H2,1-6H3,(H,32,33,34). The number of likely N-dealkylation sites (N-methyl/N-ethyl adjacent to an activating group) is 2. The molecule has 0 aliphatic heterocycles. The Morgan fingerprint density at radius 3 is 2.41 bits per heavy atom. The lowest BCUT2D eigenvalue weighted by Crippen LogP contribution is -2.28. The highest BCUT2D eigenvalue weighted by molar-refractivity contribution is 5.79. The lowest BCUT2D eigenvalue weighted by atomic mass is 10.1. The molecule has 4 aromatic rings. The van der Waals surface area contributed by atoms with Crippen molar-refractivity contribution in [1.82, 2.24) is 24.4 Å². The van der Waals surface area contributed by atoms with Crippen LogP contribution in [0.15, 0.2) is 48.7 Å².